The molecule has 2 aliphatic rings. The normalized spacial score (nSPS) is 30.2. The molecule has 0 aromatic carbocycles. The van der Waals surface area contributed by atoms with E-state index in [1.165, 1.54) is 51.9 Å². The minimum absolute atomic E-state index is 0.792. The average molecular weight is 210 g/mol. The van der Waals surface area contributed by atoms with Gasteiger partial charge in [0, 0.05) is 12.6 Å². The van der Waals surface area contributed by atoms with Gasteiger partial charge in [-0.1, -0.05) is 13.8 Å². The molecule has 0 amide bonds. The molecule has 2 aliphatic heterocycles. The largest absolute Gasteiger partial charge is 0.313 e. The quantitative estimate of drug-likeness (QED) is 0.767. The third-order valence-corrected chi connectivity index (χ3v) is 4.22. The maximum atomic E-state index is 3.60. The maximum absolute atomic E-state index is 3.60. The van der Waals surface area contributed by atoms with Crippen LogP contribution in [-0.4, -0.2) is 37.1 Å². The molecular formula is C13H26N2. The van der Waals surface area contributed by atoms with Crippen LogP contribution in [0.4, 0.5) is 0 Å². The van der Waals surface area contributed by atoms with Crippen LogP contribution >= 0.6 is 0 Å². The topological polar surface area (TPSA) is 15.3 Å². The van der Waals surface area contributed by atoms with Crippen molar-refractivity contribution in [3.05, 3.63) is 0 Å². The molecule has 0 aromatic heterocycles. The van der Waals surface area contributed by atoms with Gasteiger partial charge in [0.2, 0.25) is 0 Å². The van der Waals surface area contributed by atoms with Crippen molar-refractivity contribution >= 4 is 0 Å². The van der Waals surface area contributed by atoms with Crippen molar-refractivity contribution in [1.82, 2.24) is 10.2 Å². The van der Waals surface area contributed by atoms with Crippen molar-refractivity contribution in [1.29, 1.82) is 0 Å². The van der Waals surface area contributed by atoms with Gasteiger partial charge in [-0.25, -0.2) is 0 Å². The first-order chi connectivity index (χ1) is 7.25. The molecule has 88 valence electrons. The molecule has 0 spiro atoms. The molecule has 2 fully saturated rings. The van der Waals surface area contributed by atoms with E-state index < -0.39 is 0 Å². The van der Waals surface area contributed by atoms with Crippen molar-refractivity contribution < 1.29 is 0 Å². The van der Waals surface area contributed by atoms with Crippen LogP contribution < -0.4 is 5.32 Å². The summed E-state index contributed by atoms with van der Waals surface area (Å²) in [6, 6.07) is 0.792. The molecule has 1 atom stereocenters. The fraction of sp³-hybridized carbons (Fsp3) is 1.00. The van der Waals surface area contributed by atoms with Crippen LogP contribution in [0.2, 0.25) is 0 Å². The Morgan fingerprint density at radius 2 is 1.93 bits per heavy atom. The van der Waals surface area contributed by atoms with Crippen molar-refractivity contribution in [2.45, 2.75) is 45.6 Å². The van der Waals surface area contributed by atoms with E-state index in [0.29, 0.717) is 0 Å². The minimum Gasteiger partial charge on any atom is -0.313 e. The Bertz CT molecular complexity index is 177. The number of hydrogen-bond donors (Lipinski definition) is 1. The Morgan fingerprint density at radius 1 is 1.20 bits per heavy atom. The summed E-state index contributed by atoms with van der Waals surface area (Å²) in [4.78, 5) is 2.67. The fourth-order valence-corrected chi connectivity index (χ4v) is 3.03. The molecule has 0 aromatic rings. The van der Waals surface area contributed by atoms with E-state index in [4.69, 9.17) is 0 Å². The summed E-state index contributed by atoms with van der Waals surface area (Å²) < 4.78 is 0. The lowest BCUT2D eigenvalue weighted by molar-refractivity contribution is 0.148. The summed E-state index contributed by atoms with van der Waals surface area (Å²) in [6.45, 7) is 9.96. The van der Waals surface area contributed by atoms with Crippen molar-refractivity contribution in [2.75, 3.05) is 26.2 Å². The van der Waals surface area contributed by atoms with Gasteiger partial charge in [-0.05, 0) is 57.2 Å². The molecule has 1 N–H and O–H groups in total. The second-order valence-corrected chi connectivity index (χ2v) is 5.68. The molecule has 0 bridgehead atoms. The first-order valence-corrected chi connectivity index (χ1v) is 6.71. The number of hydrogen-bond acceptors (Lipinski definition) is 2. The average Bonchev–Trinajstić information content (AvgIpc) is 2.71. The molecule has 15 heavy (non-hydrogen) atoms. The van der Waals surface area contributed by atoms with E-state index in [2.05, 4.69) is 24.1 Å². The van der Waals surface area contributed by atoms with Gasteiger partial charge >= 0.3 is 0 Å². The van der Waals surface area contributed by atoms with Crippen LogP contribution in [0.3, 0.4) is 0 Å². The predicted molar refractivity (Wildman–Crippen MR) is 65.0 cm³/mol. The number of likely N-dealkylation sites (tertiary alicyclic amines) is 1. The summed E-state index contributed by atoms with van der Waals surface area (Å²) in [5.41, 5.74) is 0. The molecule has 0 saturated carbocycles. The highest BCUT2D eigenvalue weighted by Gasteiger charge is 2.24. The van der Waals surface area contributed by atoms with Gasteiger partial charge in [0.25, 0.3) is 0 Å². The standard InChI is InChI=1S/C13H26N2/c1-11(2)12-5-8-15(9-6-12)10-13-4-3-7-14-13/h11-14H,3-10H2,1-2H3/t13-/m1/s1. The zero-order valence-corrected chi connectivity index (χ0v) is 10.3. The van der Waals surface area contributed by atoms with Crippen LogP contribution in [0.1, 0.15) is 39.5 Å². The Kier molecular flexibility index (Phi) is 4.04. The highest BCUT2D eigenvalue weighted by molar-refractivity contribution is 4.81. The smallest absolute Gasteiger partial charge is 0.0195 e. The highest BCUT2D eigenvalue weighted by atomic mass is 15.2. The monoisotopic (exact) mass is 210 g/mol. The van der Waals surface area contributed by atoms with Gasteiger partial charge in [-0.15, -0.1) is 0 Å². The van der Waals surface area contributed by atoms with Crippen LogP contribution in [0.15, 0.2) is 0 Å². The van der Waals surface area contributed by atoms with Crippen LogP contribution in [0, 0.1) is 11.8 Å². The van der Waals surface area contributed by atoms with Gasteiger partial charge in [0.05, 0.1) is 0 Å². The highest BCUT2D eigenvalue weighted by Crippen LogP contribution is 2.24. The first-order valence-electron chi connectivity index (χ1n) is 6.71. The van der Waals surface area contributed by atoms with Crippen LogP contribution in [0.25, 0.3) is 0 Å². The van der Waals surface area contributed by atoms with Gasteiger partial charge in [0.15, 0.2) is 0 Å². The summed E-state index contributed by atoms with van der Waals surface area (Å²) in [6.07, 6.45) is 5.62. The third kappa shape index (κ3) is 3.18. The fourth-order valence-electron chi connectivity index (χ4n) is 3.03. The molecular weight excluding hydrogens is 184 g/mol. The van der Waals surface area contributed by atoms with Crippen molar-refractivity contribution in [2.24, 2.45) is 11.8 Å². The molecule has 0 aliphatic carbocycles. The molecule has 0 radical (unpaired) electrons. The second kappa shape index (κ2) is 5.31. The SMILES string of the molecule is CC(C)C1CCN(C[C@H]2CCCN2)CC1. The second-order valence-electron chi connectivity index (χ2n) is 5.68. The van der Waals surface area contributed by atoms with Gasteiger partial charge < -0.3 is 10.2 Å². The Labute approximate surface area is 94.4 Å². The lowest BCUT2D eigenvalue weighted by atomic mass is 9.86. The number of nitrogens with zero attached hydrogens (tertiary/aromatic N) is 1. The van der Waals surface area contributed by atoms with Crippen LogP contribution in [-0.2, 0) is 0 Å². The molecule has 2 saturated heterocycles. The summed E-state index contributed by atoms with van der Waals surface area (Å²) >= 11 is 0. The molecule has 0 unspecified atom stereocenters. The third-order valence-electron chi connectivity index (χ3n) is 4.22. The van der Waals surface area contributed by atoms with Crippen LogP contribution in [0.5, 0.6) is 0 Å². The molecule has 2 heterocycles. The van der Waals surface area contributed by atoms with Gasteiger partial charge in [0.1, 0.15) is 0 Å². The van der Waals surface area contributed by atoms with Gasteiger partial charge in [-0.2, -0.15) is 0 Å². The summed E-state index contributed by atoms with van der Waals surface area (Å²) in [5.74, 6) is 1.87. The van der Waals surface area contributed by atoms with E-state index in [0.717, 1.165) is 17.9 Å². The minimum atomic E-state index is 0.792. The van der Waals surface area contributed by atoms with E-state index in [-0.39, 0.29) is 0 Å². The number of nitrogens with one attached hydrogen (secondary N) is 1. The lowest BCUT2D eigenvalue weighted by Gasteiger charge is -2.35. The molecule has 2 heteroatoms. The summed E-state index contributed by atoms with van der Waals surface area (Å²) in [5, 5.41) is 3.60. The van der Waals surface area contributed by atoms with Crippen molar-refractivity contribution in [3.63, 3.8) is 0 Å². The molecule has 2 rings (SSSR count). The lowest BCUT2D eigenvalue weighted by Crippen LogP contribution is -2.42. The first kappa shape index (κ1) is 11.4. The van der Waals surface area contributed by atoms with Crippen molar-refractivity contribution in [3.8, 4) is 0 Å². The number of rotatable bonds is 3. The van der Waals surface area contributed by atoms with E-state index in [9.17, 15) is 0 Å². The van der Waals surface area contributed by atoms with E-state index >= 15 is 0 Å². The van der Waals surface area contributed by atoms with E-state index in [1.807, 2.05) is 0 Å². The Morgan fingerprint density at radius 3 is 2.47 bits per heavy atom. The van der Waals surface area contributed by atoms with Gasteiger partial charge in [-0.3, -0.25) is 0 Å². The van der Waals surface area contributed by atoms with E-state index in [1.54, 1.807) is 0 Å². The predicted octanol–water partition coefficient (Wildman–Crippen LogP) is 2.11. The maximum Gasteiger partial charge on any atom is 0.0195 e. The number of piperidine rings is 1. The Hall–Kier alpha value is -0.0800. The molecule has 2 nitrogen and oxygen atoms in total. The Balaban J connectivity index is 1.68. The zero-order valence-electron chi connectivity index (χ0n) is 10.3. The summed E-state index contributed by atoms with van der Waals surface area (Å²) in [7, 11) is 0. The zero-order chi connectivity index (χ0) is 10.7.